The predicted molar refractivity (Wildman–Crippen MR) is 94.9 cm³/mol. The summed E-state index contributed by atoms with van der Waals surface area (Å²) in [4.78, 5) is 0. The van der Waals surface area contributed by atoms with Gasteiger partial charge in [-0.3, -0.25) is 0 Å². The summed E-state index contributed by atoms with van der Waals surface area (Å²) in [5, 5.41) is 4.87. The summed E-state index contributed by atoms with van der Waals surface area (Å²) in [5.41, 5.74) is 2.78. The van der Waals surface area contributed by atoms with Crippen LogP contribution in [0.4, 0.5) is 0 Å². The van der Waals surface area contributed by atoms with E-state index in [2.05, 4.69) is 93.5 Å². The Morgan fingerprint density at radius 3 is 2.16 bits per heavy atom. The van der Waals surface area contributed by atoms with E-state index in [4.69, 9.17) is 0 Å². The van der Waals surface area contributed by atoms with Crippen molar-refractivity contribution < 1.29 is 0 Å². The van der Waals surface area contributed by atoms with E-state index >= 15 is 0 Å². The molecule has 0 aliphatic heterocycles. The standard InChI is InChI=1S/C16H18Br2Si/c1-19(2,15-6-4-3-5-7-15)16-10-13(11-17)8-9-14(16)12-18/h3-10H,11-12H2,1-2H3. The zero-order chi connectivity index (χ0) is 13.9. The Bertz CT molecular complexity index is 550. The van der Waals surface area contributed by atoms with Crippen LogP contribution in [0.15, 0.2) is 48.5 Å². The van der Waals surface area contributed by atoms with Gasteiger partial charge in [-0.05, 0) is 11.1 Å². The molecule has 0 unspecified atom stereocenters. The molecular weight excluding hydrogens is 380 g/mol. The Kier molecular flexibility index (Phi) is 5.04. The average Bonchev–Trinajstić information content (AvgIpc) is 2.47. The molecule has 19 heavy (non-hydrogen) atoms. The van der Waals surface area contributed by atoms with Crippen molar-refractivity contribution in [3.8, 4) is 0 Å². The summed E-state index contributed by atoms with van der Waals surface area (Å²) in [6.07, 6.45) is 0. The van der Waals surface area contributed by atoms with E-state index in [1.807, 2.05) is 0 Å². The first-order valence-corrected chi connectivity index (χ1v) is 11.6. The number of hydrogen-bond acceptors (Lipinski definition) is 0. The lowest BCUT2D eigenvalue weighted by molar-refractivity contribution is 1.38. The lowest BCUT2D eigenvalue weighted by atomic mass is 10.2. The number of rotatable bonds is 4. The van der Waals surface area contributed by atoms with Gasteiger partial charge in [-0.25, -0.2) is 0 Å². The van der Waals surface area contributed by atoms with Crippen LogP contribution >= 0.6 is 31.9 Å². The van der Waals surface area contributed by atoms with Crippen molar-refractivity contribution in [2.75, 3.05) is 0 Å². The number of halogens is 2. The second kappa shape index (κ2) is 6.38. The number of hydrogen-bond donors (Lipinski definition) is 0. The van der Waals surface area contributed by atoms with Gasteiger partial charge >= 0.3 is 0 Å². The average molecular weight is 398 g/mol. The van der Waals surface area contributed by atoms with E-state index in [0.29, 0.717) is 0 Å². The molecule has 0 spiro atoms. The highest BCUT2D eigenvalue weighted by Gasteiger charge is 2.28. The molecule has 0 radical (unpaired) electrons. The molecule has 0 atom stereocenters. The van der Waals surface area contributed by atoms with Gasteiger partial charge in [-0.15, -0.1) is 0 Å². The van der Waals surface area contributed by atoms with Crippen LogP contribution in [0.2, 0.25) is 13.1 Å². The fourth-order valence-corrected chi connectivity index (χ4v) is 6.37. The third kappa shape index (κ3) is 3.20. The largest absolute Gasteiger partial charge is 0.112 e. The molecule has 0 saturated carbocycles. The van der Waals surface area contributed by atoms with E-state index in [-0.39, 0.29) is 0 Å². The van der Waals surface area contributed by atoms with Crippen molar-refractivity contribution >= 4 is 50.3 Å². The van der Waals surface area contributed by atoms with Crippen LogP contribution in [0.5, 0.6) is 0 Å². The molecule has 0 N–H and O–H groups in total. The van der Waals surface area contributed by atoms with Crippen LogP contribution in [-0.4, -0.2) is 8.07 Å². The maximum absolute atomic E-state index is 3.63. The van der Waals surface area contributed by atoms with E-state index < -0.39 is 8.07 Å². The first-order valence-electron chi connectivity index (χ1n) is 6.39. The second-order valence-corrected chi connectivity index (χ2v) is 10.7. The highest BCUT2D eigenvalue weighted by molar-refractivity contribution is 9.08. The maximum Gasteiger partial charge on any atom is 0.112 e. The molecule has 0 nitrogen and oxygen atoms in total. The predicted octanol–water partition coefficient (Wildman–Crippen LogP) is 4.30. The van der Waals surface area contributed by atoms with Crippen LogP contribution in [0.3, 0.4) is 0 Å². The Morgan fingerprint density at radius 1 is 0.895 bits per heavy atom. The van der Waals surface area contributed by atoms with E-state index in [1.54, 1.807) is 0 Å². The Balaban J connectivity index is 2.56. The van der Waals surface area contributed by atoms with Crippen LogP contribution in [-0.2, 0) is 10.7 Å². The highest BCUT2D eigenvalue weighted by atomic mass is 79.9. The first kappa shape index (κ1) is 15.0. The summed E-state index contributed by atoms with van der Waals surface area (Å²) < 4.78 is 0. The normalized spacial score (nSPS) is 11.6. The van der Waals surface area contributed by atoms with Gasteiger partial charge in [0.1, 0.15) is 8.07 Å². The molecule has 0 bridgehead atoms. The van der Waals surface area contributed by atoms with Gasteiger partial charge in [0.25, 0.3) is 0 Å². The lowest BCUT2D eigenvalue weighted by Crippen LogP contribution is -2.54. The molecular formula is C16H18Br2Si. The van der Waals surface area contributed by atoms with Crippen molar-refractivity contribution in [1.29, 1.82) is 0 Å². The molecule has 0 aromatic heterocycles. The lowest BCUT2D eigenvalue weighted by Gasteiger charge is -2.26. The molecule has 0 amide bonds. The molecule has 0 heterocycles. The van der Waals surface area contributed by atoms with Gasteiger partial charge in [-0.2, -0.15) is 0 Å². The fraction of sp³-hybridized carbons (Fsp3) is 0.250. The maximum atomic E-state index is 3.63. The summed E-state index contributed by atoms with van der Waals surface area (Å²) in [7, 11) is -1.62. The van der Waals surface area contributed by atoms with Crippen LogP contribution in [0, 0.1) is 0 Å². The topological polar surface area (TPSA) is 0 Å². The number of benzene rings is 2. The van der Waals surface area contributed by atoms with E-state index in [0.717, 1.165) is 10.7 Å². The summed E-state index contributed by atoms with van der Waals surface area (Å²) in [5.74, 6) is 0. The summed E-state index contributed by atoms with van der Waals surface area (Å²) >= 11 is 7.20. The van der Waals surface area contributed by atoms with Crippen molar-refractivity contribution in [2.45, 2.75) is 23.8 Å². The Labute approximate surface area is 133 Å². The van der Waals surface area contributed by atoms with Gasteiger partial charge in [0.05, 0.1) is 0 Å². The fourth-order valence-electron chi connectivity index (χ4n) is 2.42. The van der Waals surface area contributed by atoms with Gasteiger partial charge in [0.15, 0.2) is 0 Å². The minimum atomic E-state index is -1.62. The van der Waals surface area contributed by atoms with Crippen molar-refractivity contribution in [3.63, 3.8) is 0 Å². The molecule has 0 saturated heterocycles. The molecule has 0 aliphatic carbocycles. The number of alkyl halides is 2. The Morgan fingerprint density at radius 2 is 1.58 bits per heavy atom. The zero-order valence-electron chi connectivity index (χ0n) is 11.3. The zero-order valence-corrected chi connectivity index (χ0v) is 15.5. The summed E-state index contributed by atoms with van der Waals surface area (Å²) in [6, 6.07) is 17.8. The molecule has 0 fully saturated rings. The highest BCUT2D eigenvalue weighted by Crippen LogP contribution is 2.15. The van der Waals surface area contributed by atoms with Crippen LogP contribution < -0.4 is 10.4 Å². The molecule has 2 rings (SSSR count). The second-order valence-electron chi connectivity index (χ2n) is 5.25. The van der Waals surface area contributed by atoms with Crippen molar-refractivity contribution in [1.82, 2.24) is 0 Å². The van der Waals surface area contributed by atoms with Gasteiger partial charge in [-0.1, -0.05) is 104 Å². The quantitative estimate of drug-likeness (QED) is 0.532. The van der Waals surface area contributed by atoms with Gasteiger partial charge < -0.3 is 0 Å². The van der Waals surface area contributed by atoms with E-state index in [1.165, 1.54) is 21.5 Å². The minimum absolute atomic E-state index is 0.918. The van der Waals surface area contributed by atoms with E-state index in [9.17, 15) is 0 Å². The molecule has 2 aromatic carbocycles. The molecule has 3 heteroatoms. The van der Waals surface area contributed by atoms with Crippen LogP contribution in [0.1, 0.15) is 11.1 Å². The Hall–Kier alpha value is -0.383. The monoisotopic (exact) mass is 396 g/mol. The SMILES string of the molecule is C[Si](C)(c1ccccc1)c1cc(CBr)ccc1CBr. The third-order valence-electron chi connectivity index (χ3n) is 3.64. The van der Waals surface area contributed by atoms with Crippen molar-refractivity contribution in [3.05, 3.63) is 59.7 Å². The molecule has 0 aliphatic rings. The first-order chi connectivity index (χ1) is 9.09. The summed E-state index contributed by atoms with van der Waals surface area (Å²) in [6.45, 7) is 4.86. The molecule has 2 aromatic rings. The smallest absolute Gasteiger partial charge is 0.0876 e. The third-order valence-corrected chi connectivity index (χ3v) is 8.48. The van der Waals surface area contributed by atoms with Gasteiger partial charge in [0, 0.05) is 10.7 Å². The van der Waals surface area contributed by atoms with Crippen molar-refractivity contribution in [2.24, 2.45) is 0 Å². The van der Waals surface area contributed by atoms with Crippen LogP contribution in [0.25, 0.3) is 0 Å². The molecule has 100 valence electrons. The van der Waals surface area contributed by atoms with Gasteiger partial charge in [0.2, 0.25) is 0 Å². The minimum Gasteiger partial charge on any atom is -0.0876 e.